The van der Waals surface area contributed by atoms with Crippen molar-refractivity contribution in [1.82, 2.24) is 4.98 Å². The summed E-state index contributed by atoms with van der Waals surface area (Å²) in [6.45, 7) is 2.48. The number of furan rings is 1. The summed E-state index contributed by atoms with van der Waals surface area (Å²) in [5.74, 6) is 0.742. The third-order valence-corrected chi connectivity index (χ3v) is 6.56. The first kappa shape index (κ1) is 19.5. The standard InChI is InChI=1S/C26H22N2O2S/c1-2-18-9-6-14-23-25(18)27-26(31-23)28(17-21-12-7-15-30-21)24(29)16-20-11-5-10-19-8-3-4-13-22(19)20/h3-15H,2,16-17H2,1H3. The maximum absolute atomic E-state index is 13.6. The van der Waals surface area contributed by atoms with Crippen LogP contribution in [0.2, 0.25) is 0 Å². The first-order valence-electron chi connectivity index (χ1n) is 10.4. The average Bonchev–Trinajstić information content (AvgIpc) is 3.47. The maximum Gasteiger partial charge on any atom is 0.233 e. The summed E-state index contributed by atoms with van der Waals surface area (Å²) < 4.78 is 6.65. The van der Waals surface area contributed by atoms with E-state index in [4.69, 9.17) is 9.40 Å². The minimum Gasteiger partial charge on any atom is -0.467 e. The van der Waals surface area contributed by atoms with Gasteiger partial charge in [-0.3, -0.25) is 9.69 Å². The topological polar surface area (TPSA) is 46.3 Å². The predicted octanol–water partition coefficient (Wildman–Crippen LogP) is 6.38. The van der Waals surface area contributed by atoms with E-state index in [9.17, 15) is 4.79 Å². The van der Waals surface area contributed by atoms with Gasteiger partial charge in [-0.2, -0.15) is 0 Å². The van der Waals surface area contributed by atoms with Crippen molar-refractivity contribution >= 4 is 43.4 Å². The fourth-order valence-electron chi connectivity index (χ4n) is 3.92. The van der Waals surface area contributed by atoms with Crippen molar-refractivity contribution in [1.29, 1.82) is 0 Å². The molecule has 0 saturated heterocycles. The first-order valence-corrected chi connectivity index (χ1v) is 11.2. The lowest BCUT2D eigenvalue weighted by Gasteiger charge is -2.19. The summed E-state index contributed by atoms with van der Waals surface area (Å²) in [5, 5.41) is 2.95. The molecule has 5 rings (SSSR count). The molecule has 0 atom stereocenters. The molecule has 4 nitrogen and oxygen atoms in total. The third-order valence-electron chi connectivity index (χ3n) is 5.52. The molecule has 2 heterocycles. The fourth-order valence-corrected chi connectivity index (χ4v) is 4.95. The molecule has 0 saturated carbocycles. The maximum atomic E-state index is 13.6. The number of thiazole rings is 1. The van der Waals surface area contributed by atoms with Gasteiger partial charge in [-0.05, 0) is 46.5 Å². The van der Waals surface area contributed by atoms with Crippen molar-refractivity contribution < 1.29 is 9.21 Å². The highest BCUT2D eigenvalue weighted by atomic mass is 32.1. The van der Waals surface area contributed by atoms with Crippen molar-refractivity contribution in [3.8, 4) is 0 Å². The van der Waals surface area contributed by atoms with Crippen LogP contribution in [0, 0.1) is 0 Å². The lowest BCUT2D eigenvalue weighted by atomic mass is 10.0. The molecule has 0 fully saturated rings. The van der Waals surface area contributed by atoms with Gasteiger partial charge in [0.15, 0.2) is 5.13 Å². The summed E-state index contributed by atoms with van der Waals surface area (Å²) in [5.41, 5.74) is 3.19. The molecule has 0 bridgehead atoms. The van der Waals surface area contributed by atoms with Gasteiger partial charge in [-0.25, -0.2) is 4.98 Å². The van der Waals surface area contributed by atoms with E-state index in [1.807, 2.05) is 36.4 Å². The molecule has 31 heavy (non-hydrogen) atoms. The second kappa shape index (κ2) is 8.36. The van der Waals surface area contributed by atoms with Crippen LogP contribution in [0.15, 0.2) is 83.5 Å². The number of carbonyl (C=O) groups is 1. The summed E-state index contributed by atoms with van der Waals surface area (Å²) in [6.07, 6.45) is 2.84. The van der Waals surface area contributed by atoms with Crippen LogP contribution < -0.4 is 4.90 Å². The summed E-state index contributed by atoms with van der Waals surface area (Å²) in [6, 6.07) is 24.2. The normalized spacial score (nSPS) is 11.3. The smallest absolute Gasteiger partial charge is 0.233 e. The molecule has 0 unspecified atom stereocenters. The average molecular weight is 427 g/mol. The minimum atomic E-state index is 0.00450. The largest absolute Gasteiger partial charge is 0.467 e. The van der Waals surface area contributed by atoms with Gasteiger partial charge >= 0.3 is 0 Å². The van der Waals surface area contributed by atoms with E-state index in [-0.39, 0.29) is 5.91 Å². The molecule has 5 heteroatoms. The Balaban J connectivity index is 1.54. The SMILES string of the molecule is CCc1cccc2sc(N(Cc3ccco3)C(=O)Cc3cccc4ccccc34)nc12. The van der Waals surface area contributed by atoms with E-state index < -0.39 is 0 Å². The lowest BCUT2D eigenvalue weighted by molar-refractivity contribution is -0.118. The zero-order chi connectivity index (χ0) is 21.2. The van der Waals surface area contributed by atoms with Crippen LogP contribution in [0.5, 0.6) is 0 Å². The predicted molar refractivity (Wildman–Crippen MR) is 127 cm³/mol. The molecule has 1 amide bonds. The van der Waals surface area contributed by atoms with Crippen LogP contribution in [0.3, 0.4) is 0 Å². The second-order valence-electron chi connectivity index (χ2n) is 7.49. The number of carbonyl (C=O) groups excluding carboxylic acids is 1. The van der Waals surface area contributed by atoms with Gasteiger partial charge in [-0.1, -0.05) is 72.9 Å². The molecule has 2 aromatic heterocycles. The zero-order valence-corrected chi connectivity index (χ0v) is 18.1. The molecular weight excluding hydrogens is 404 g/mol. The molecule has 0 N–H and O–H groups in total. The lowest BCUT2D eigenvalue weighted by Crippen LogP contribution is -2.31. The Bertz CT molecular complexity index is 1350. The van der Waals surface area contributed by atoms with Crippen LogP contribution in [0.25, 0.3) is 21.0 Å². The van der Waals surface area contributed by atoms with Gasteiger partial charge in [-0.15, -0.1) is 0 Å². The monoisotopic (exact) mass is 426 g/mol. The number of rotatable bonds is 6. The number of hydrogen-bond acceptors (Lipinski definition) is 4. The highest BCUT2D eigenvalue weighted by Gasteiger charge is 2.22. The van der Waals surface area contributed by atoms with E-state index in [2.05, 4.69) is 43.3 Å². The van der Waals surface area contributed by atoms with Crippen molar-refractivity contribution in [2.75, 3.05) is 4.90 Å². The third kappa shape index (κ3) is 3.84. The van der Waals surface area contributed by atoms with E-state index >= 15 is 0 Å². The number of hydrogen-bond donors (Lipinski definition) is 0. The van der Waals surface area contributed by atoms with Crippen molar-refractivity contribution in [3.05, 3.63) is 95.9 Å². The molecule has 0 aliphatic heterocycles. The number of fused-ring (bicyclic) bond motifs is 2. The number of nitrogens with zero attached hydrogens (tertiary/aromatic N) is 2. The van der Waals surface area contributed by atoms with E-state index in [1.54, 1.807) is 22.5 Å². The van der Waals surface area contributed by atoms with Gasteiger partial charge in [0, 0.05) is 0 Å². The Kier molecular flexibility index (Phi) is 5.26. The number of aromatic nitrogens is 1. The highest BCUT2D eigenvalue weighted by molar-refractivity contribution is 7.22. The van der Waals surface area contributed by atoms with Crippen molar-refractivity contribution in [2.45, 2.75) is 26.3 Å². The molecule has 154 valence electrons. The quantitative estimate of drug-likeness (QED) is 0.316. The highest BCUT2D eigenvalue weighted by Crippen LogP contribution is 2.32. The van der Waals surface area contributed by atoms with E-state index in [0.717, 1.165) is 38.7 Å². The molecular formula is C26H22N2O2S. The molecule has 0 aliphatic rings. The zero-order valence-electron chi connectivity index (χ0n) is 17.2. The van der Waals surface area contributed by atoms with Crippen LogP contribution >= 0.6 is 11.3 Å². The Labute approximate surface area is 184 Å². The Morgan fingerprint density at radius 2 is 1.77 bits per heavy atom. The number of anilines is 1. The Morgan fingerprint density at radius 1 is 0.968 bits per heavy atom. The molecule has 5 aromatic rings. The fraction of sp³-hybridized carbons (Fsp3) is 0.154. The summed E-state index contributed by atoms with van der Waals surface area (Å²) in [4.78, 5) is 20.2. The second-order valence-corrected chi connectivity index (χ2v) is 8.50. The number of aryl methyl sites for hydroxylation is 1. The van der Waals surface area contributed by atoms with Gasteiger partial charge in [0.05, 0.1) is 29.4 Å². The van der Waals surface area contributed by atoms with Crippen LogP contribution in [0.4, 0.5) is 5.13 Å². The van der Waals surface area contributed by atoms with Gasteiger partial charge in [0.1, 0.15) is 5.76 Å². The molecule has 0 spiro atoms. The van der Waals surface area contributed by atoms with E-state index in [1.165, 1.54) is 5.56 Å². The Morgan fingerprint density at radius 3 is 2.61 bits per heavy atom. The molecule has 3 aromatic carbocycles. The number of benzene rings is 3. The number of para-hydroxylation sites is 1. The minimum absolute atomic E-state index is 0.00450. The van der Waals surface area contributed by atoms with Gasteiger partial charge < -0.3 is 4.42 Å². The molecule has 0 radical (unpaired) electrons. The van der Waals surface area contributed by atoms with E-state index in [0.29, 0.717) is 18.1 Å². The van der Waals surface area contributed by atoms with Crippen LogP contribution in [0.1, 0.15) is 23.8 Å². The van der Waals surface area contributed by atoms with Crippen molar-refractivity contribution in [2.24, 2.45) is 0 Å². The first-order chi connectivity index (χ1) is 15.2. The van der Waals surface area contributed by atoms with Crippen LogP contribution in [-0.2, 0) is 24.2 Å². The number of amides is 1. The van der Waals surface area contributed by atoms with Crippen LogP contribution in [-0.4, -0.2) is 10.9 Å². The van der Waals surface area contributed by atoms with Crippen molar-refractivity contribution in [3.63, 3.8) is 0 Å². The van der Waals surface area contributed by atoms with Gasteiger partial charge in [0.2, 0.25) is 5.91 Å². The summed E-state index contributed by atoms with van der Waals surface area (Å²) in [7, 11) is 0. The molecule has 0 aliphatic carbocycles. The van der Waals surface area contributed by atoms with Gasteiger partial charge in [0.25, 0.3) is 0 Å². The Hall–Kier alpha value is -3.44. The summed E-state index contributed by atoms with van der Waals surface area (Å²) >= 11 is 1.55.